The van der Waals surface area contributed by atoms with Crippen LogP contribution in [0.15, 0.2) is 31.0 Å². The van der Waals surface area contributed by atoms with Gasteiger partial charge < -0.3 is 20.3 Å². The molecule has 2 N–H and O–H groups in total. The van der Waals surface area contributed by atoms with Gasteiger partial charge in [0, 0.05) is 39.1 Å². The molecular weight excluding hydrogens is 452 g/mol. The zero-order chi connectivity index (χ0) is 22.9. The molecule has 6 rings (SSSR count). The van der Waals surface area contributed by atoms with Crippen molar-refractivity contribution in [2.24, 2.45) is 7.05 Å². The highest BCUT2D eigenvalue weighted by Crippen LogP contribution is 2.27. The zero-order valence-electron chi connectivity index (χ0n) is 18.9. The Labute approximate surface area is 200 Å². The number of imidazole rings is 1. The first kappa shape index (κ1) is 21.2. The average Bonchev–Trinajstić information content (AvgIpc) is 3.63. The molecule has 0 saturated carbocycles. The third-order valence-electron chi connectivity index (χ3n) is 5.95. The summed E-state index contributed by atoms with van der Waals surface area (Å²) in [5, 5.41) is 12.2. The maximum absolute atomic E-state index is 5.52. The number of hydrogen-bond acceptors (Lipinski definition) is 10. The molecule has 11 nitrogen and oxygen atoms in total. The summed E-state index contributed by atoms with van der Waals surface area (Å²) in [6, 6.07) is 0. The summed E-state index contributed by atoms with van der Waals surface area (Å²) < 4.78 is 9.23. The Morgan fingerprint density at radius 2 is 2.09 bits per heavy atom. The largest absolute Gasteiger partial charge is 0.378 e. The van der Waals surface area contributed by atoms with E-state index in [0.717, 1.165) is 54.5 Å². The fraction of sp³-hybridized carbons (Fsp3) is 0.409. The second-order valence-corrected chi connectivity index (χ2v) is 9.41. The number of nitrogens with zero attached hydrogens (tertiary/aromatic N) is 8. The molecule has 176 valence electrons. The van der Waals surface area contributed by atoms with Gasteiger partial charge in [-0.05, 0) is 18.5 Å². The van der Waals surface area contributed by atoms with Crippen molar-refractivity contribution in [3.8, 4) is 5.69 Å². The first-order chi connectivity index (χ1) is 16.7. The molecule has 12 heteroatoms. The number of rotatable bonds is 6. The van der Waals surface area contributed by atoms with Crippen molar-refractivity contribution < 1.29 is 4.74 Å². The van der Waals surface area contributed by atoms with Crippen LogP contribution in [-0.4, -0.2) is 73.7 Å². The summed E-state index contributed by atoms with van der Waals surface area (Å²) in [5.74, 6) is 1.37. The Balaban J connectivity index is 1.32. The molecule has 2 aliphatic heterocycles. The molecule has 4 aromatic heterocycles. The molecular formula is C22H26N10OS. The van der Waals surface area contributed by atoms with Crippen LogP contribution in [0.5, 0.6) is 0 Å². The minimum absolute atomic E-state index is 0.569. The number of thiazole rings is 1. The van der Waals surface area contributed by atoms with E-state index in [1.165, 1.54) is 10.5 Å². The van der Waals surface area contributed by atoms with E-state index in [-0.39, 0.29) is 0 Å². The van der Waals surface area contributed by atoms with Crippen LogP contribution in [0, 0.1) is 0 Å². The summed E-state index contributed by atoms with van der Waals surface area (Å²) >= 11 is 1.71. The van der Waals surface area contributed by atoms with Crippen LogP contribution in [-0.2, 0) is 18.3 Å². The molecule has 2 aliphatic rings. The number of anilines is 2. The van der Waals surface area contributed by atoms with Crippen LogP contribution in [0.25, 0.3) is 22.4 Å². The van der Waals surface area contributed by atoms with Crippen LogP contribution < -0.4 is 15.5 Å². The third kappa shape index (κ3) is 4.15. The number of ether oxygens (including phenoxy) is 1. The van der Waals surface area contributed by atoms with Gasteiger partial charge in [0.1, 0.15) is 11.3 Å². The second-order valence-electron chi connectivity index (χ2n) is 8.30. The molecule has 0 radical (unpaired) electrons. The third-order valence-corrected chi connectivity index (χ3v) is 7.02. The number of aryl methyl sites for hydroxylation is 1. The van der Waals surface area contributed by atoms with Crippen molar-refractivity contribution >= 4 is 39.8 Å². The maximum Gasteiger partial charge on any atom is 0.229 e. The van der Waals surface area contributed by atoms with Crippen molar-refractivity contribution in [2.75, 3.05) is 49.6 Å². The Bertz CT molecular complexity index is 1330. The molecule has 1 fully saturated rings. The van der Waals surface area contributed by atoms with E-state index >= 15 is 0 Å². The lowest BCUT2D eigenvalue weighted by atomic mass is 10.1. The highest BCUT2D eigenvalue weighted by molar-refractivity contribution is 7.12. The summed E-state index contributed by atoms with van der Waals surface area (Å²) in [7, 11) is 1.89. The summed E-state index contributed by atoms with van der Waals surface area (Å²) in [6.45, 7) is 5.35. The minimum Gasteiger partial charge on any atom is -0.378 e. The normalized spacial score (nSPS) is 16.7. The van der Waals surface area contributed by atoms with E-state index in [4.69, 9.17) is 14.7 Å². The van der Waals surface area contributed by atoms with E-state index < -0.39 is 0 Å². The number of aromatic nitrogens is 7. The van der Waals surface area contributed by atoms with Crippen LogP contribution in [0.3, 0.4) is 0 Å². The quantitative estimate of drug-likeness (QED) is 0.429. The van der Waals surface area contributed by atoms with Gasteiger partial charge in [0.05, 0.1) is 36.5 Å². The standard InChI is InChI=1S/C22H26N10OS/c1-30-13-16(10-27-30)32-14-26-19-20(28-22(29-21(19)32)31-5-7-33-8-6-31)25-12-18-24-11-17(34-18)15-3-2-4-23-9-15/h3,10-11,13-14,23H,2,4-9,12H2,1H3,(H,25,28,29). The zero-order valence-corrected chi connectivity index (χ0v) is 19.8. The molecule has 0 spiro atoms. The molecule has 0 atom stereocenters. The fourth-order valence-corrected chi connectivity index (χ4v) is 5.06. The van der Waals surface area contributed by atoms with Crippen LogP contribution in [0.4, 0.5) is 11.8 Å². The summed E-state index contributed by atoms with van der Waals surface area (Å²) in [6.07, 6.45) is 10.8. The number of fused-ring (bicyclic) bond motifs is 1. The molecule has 0 aromatic carbocycles. The van der Waals surface area contributed by atoms with Crippen molar-refractivity contribution in [2.45, 2.75) is 13.0 Å². The number of hydrogen-bond donors (Lipinski definition) is 2. The van der Waals surface area contributed by atoms with Crippen LogP contribution >= 0.6 is 11.3 Å². The first-order valence-corrected chi connectivity index (χ1v) is 12.2. The van der Waals surface area contributed by atoms with Gasteiger partial charge in [-0.1, -0.05) is 6.08 Å². The van der Waals surface area contributed by atoms with E-state index in [0.29, 0.717) is 31.5 Å². The van der Waals surface area contributed by atoms with E-state index in [1.807, 2.05) is 24.0 Å². The topological polar surface area (TPSA) is 111 Å². The Kier molecular flexibility index (Phi) is 5.69. The maximum atomic E-state index is 5.52. The van der Waals surface area contributed by atoms with Gasteiger partial charge in [-0.25, -0.2) is 9.97 Å². The molecule has 0 amide bonds. The van der Waals surface area contributed by atoms with Crippen molar-refractivity contribution in [1.29, 1.82) is 0 Å². The van der Waals surface area contributed by atoms with Gasteiger partial charge >= 0.3 is 0 Å². The minimum atomic E-state index is 0.569. The SMILES string of the molecule is Cn1cc(-n2cnc3c(NCc4ncc(C5=CCCNC5)s4)nc(N4CCOCC4)nc32)cn1. The first-order valence-electron chi connectivity index (χ1n) is 11.4. The Morgan fingerprint density at radius 1 is 1.18 bits per heavy atom. The van der Waals surface area contributed by atoms with Gasteiger partial charge in [-0.15, -0.1) is 11.3 Å². The molecule has 4 aromatic rings. The van der Waals surface area contributed by atoms with E-state index in [2.05, 4.69) is 36.7 Å². The summed E-state index contributed by atoms with van der Waals surface area (Å²) in [5.41, 5.74) is 3.69. The van der Waals surface area contributed by atoms with Crippen molar-refractivity contribution in [1.82, 2.24) is 39.6 Å². The monoisotopic (exact) mass is 478 g/mol. The van der Waals surface area contributed by atoms with Crippen molar-refractivity contribution in [3.05, 3.63) is 40.9 Å². The lowest BCUT2D eigenvalue weighted by Gasteiger charge is -2.27. The predicted octanol–water partition coefficient (Wildman–Crippen LogP) is 1.83. The molecule has 0 bridgehead atoms. The van der Waals surface area contributed by atoms with Gasteiger partial charge in [-0.3, -0.25) is 9.25 Å². The average molecular weight is 479 g/mol. The fourth-order valence-electron chi connectivity index (χ4n) is 4.17. The van der Waals surface area contributed by atoms with Gasteiger partial charge in [0.25, 0.3) is 0 Å². The molecule has 1 saturated heterocycles. The van der Waals surface area contributed by atoms with Gasteiger partial charge in [-0.2, -0.15) is 15.1 Å². The Morgan fingerprint density at radius 3 is 2.88 bits per heavy atom. The second kappa shape index (κ2) is 9.12. The van der Waals surface area contributed by atoms with Gasteiger partial charge in [0.15, 0.2) is 17.0 Å². The molecule has 6 heterocycles. The lowest BCUT2D eigenvalue weighted by Crippen LogP contribution is -2.37. The highest BCUT2D eigenvalue weighted by Gasteiger charge is 2.20. The number of nitrogens with one attached hydrogen (secondary N) is 2. The Hall–Kier alpha value is -3.35. The number of morpholine rings is 1. The van der Waals surface area contributed by atoms with Gasteiger partial charge in [0.2, 0.25) is 5.95 Å². The molecule has 0 unspecified atom stereocenters. The summed E-state index contributed by atoms with van der Waals surface area (Å²) in [4.78, 5) is 22.4. The molecule has 0 aliphatic carbocycles. The molecule has 34 heavy (non-hydrogen) atoms. The van der Waals surface area contributed by atoms with E-state index in [1.54, 1.807) is 28.5 Å². The smallest absolute Gasteiger partial charge is 0.229 e. The van der Waals surface area contributed by atoms with Crippen LogP contribution in [0.1, 0.15) is 16.3 Å². The predicted molar refractivity (Wildman–Crippen MR) is 131 cm³/mol. The lowest BCUT2D eigenvalue weighted by molar-refractivity contribution is 0.122. The highest BCUT2D eigenvalue weighted by atomic mass is 32.1. The van der Waals surface area contributed by atoms with Crippen molar-refractivity contribution in [3.63, 3.8) is 0 Å². The van der Waals surface area contributed by atoms with Crippen LogP contribution in [0.2, 0.25) is 0 Å². The van der Waals surface area contributed by atoms with E-state index in [9.17, 15) is 0 Å².